The van der Waals surface area contributed by atoms with Gasteiger partial charge in [0.1, 0.15) is 30.3 Å². The minimum Gasteiger partial charge on any atom is -0.447 e. The molecule has 13 heteroatoms. The molecule has 0 spiro atoms. The molecule has 2 N–H and O–H groups in total. The summed E-state index contributed by atoms with van der Waals surface area (Å²) < 4.78 is 39.6. The summed E-state index contributed by atoms with van der Waals surface area (Å²) in [7, 11) is 0. The van der Waals surface area contributed by atoms with Crippen molar-refractivity contribution >= 4 is 17.9 Å². The van der Waals surface area contributed by atoms with Gasteiger partial charge in [-0.3, -0.25) is 4.90 Å². The number of rotatable bonds is 8. The van der Waals surface area contributed by atoms with Crippen molar-refractivity contribution in [2.24, 2.45) is 0 Å². The molecule has 3 atom stereocenters. The maximum atomic E-state index is 12.4. The van der Waals surface area contributed by atoms with E-state index < -0.39 is 30.9 Å². The maximum Gasteiger partial charge on any atom is 0.416 e. The Labute approximate surface area is 186 Å². The van der Waals surface area contributed by atoms with Gasteiger partial charge >= 0.3 is 12.7 Å². The molecular formula is C20H20F2N6O5. The molecule has 33 heavy (non-hydrogen) atoms. The number of amides is 1. The van der Waals surface area contributed by atoms with E-state index in [4.69, 9.17) is 9.26 Å². The van der Waals surface area contributed by atoms with Crippen molar-refractivity contribution in [1.29, 1.82) is 0 Å². The molecule has 1 fully saturated rings. The molecule has 0 radical (unpaired) electrons. The summed E-state index contributed by atoms with van der Waals surface area (Å²) in [6, 6.07) is 6.36. The Balaban J connectivity index is 1.49. The van der Waals surface area contributed by atoms with E-state index in [2.05, 4.69) is 30.2 Å². The zero-order chi connectivity index (χ0) is 23.5. The number of aliphatic hydroxyl groups excluding tert-OH is 1. The number of hydrogen-bond donors (Lipinski definition) is 2. The number of anilines is 2. The molecule has 3 heterocycles. The number of halogens is 2. The number of nitrogens with one attached hydrogen (secondary N) is 1. The highest BCUT2D eigenvalue weighted by Crippen LogP contribution is 2.26. The molecule has 1 amide bonds. The van der Waals surface area contributed by atoms with Crippen molar-refractivity contribution in [2.45, 2.75) is 38.6 Å². The lowest BCUT2D eigenvalue weighted by molar-refractivity contribution is -0.0498. The predicted molar refractivity (Wildman–Crippen MR) is 110 cm³/mol. The second-order valence-corrected chi connectivity index (χ2v) is 7.22. The summed E-state index contributed by atoms with van der Waals surface area (Å²) in [5.74, 6) is 0.793. The molecule has 1 aliphatic heterocycles. The molecular weight excluding hydrogens is 442 g/mol. The van der Waals surface area contributed by atoms with E-state index in [0.29, 0.717) is 5.56 Å². The van der Waals surface area contributed by atoms with E-state index in [9.17, 15) is 18.7 Å². The summed E-state index contributed by atoms with van der Waals surface area (Å²) in [5.41, 5.74) is 0.435. The highest BCUT2D eigenvalue weighted by molar-refractivity contribution is 5.89. The highest BCUT2D eigenvalue weighted by atomic mass is 19.3. The molecule has 1 unspecified atom stereocenters. The van der Waals surface area contributed by atoms with Gasteiger partial charge in [-0.2, -0.15) is 18.7 Å². The van der Waals surface area contributed by atoms with Gasteiger partial charge in [-0.15, -0.1) is 0 Å². The van der Waals surface area contributed by atoms with Gasteiger partial charge < -0.3 is 24.4 Å². The fourth-order valence-electron chi connectivity index (χ4n) is 3.20. The summed E-state index contributed by atoms with van der Waals surface area (Å²) in [6.07, 6.45) is 0.0249. The molecule has 1 saturated heterocycles. The number of alkyl halides is 2. The van der Waals surface area contributed by atoms with E-state index in [1.54, 1.807) is 19.9 Å². The first kappa shape index (κ1) is 22.3. The zero-order valence-corrected chi connectivity index (χ0v) is 17.6. The third-order valence-corrected chi connectivity index (χ3v) is 4.83. The highest BCUT2D eigenvalue weighted by Gasteiger charge is 2.38. The zero-order valence-electron chi connectivity index (χ0n) is 17.6. The number of aromatic nitrogens is 4. The van der Waals surface area contributed by atoms with Crippen LogP contribution < -0.4 is 15.0 Å². The quantitative estimate of drug-likeness (QED) is 0.514. The lowest BCUT2D eigenvalue weighted by Gasteiger charge is -2.22. The molecule has 0 aliphatic carbocycles. The smallest absolute Gasteiger partial charge is 0.416 e. The first-order chi connectivity index (χ1) is 15.8. The summed E-state index contributed by atoms with van der Waals surface area (Å²) in [4.78, 5) is 26.1. The van der Waals surface area contributed by atoms with Crippen LogP contribution in [-0.4, -0.2) is 56.7 Å². The predicted octanol–water partition coefficient (Wildman–Crippen LogP) is 3.01. The SMILES string of the molecule is CC(Nc1nccc(N2C(=O)OC[C@@H]2[C@@H](C)O)n1)c1nc(-c2cccc(OC(F)F)c2)no1. The Bertz CT molecular complexity index is 1130. The third kappa shape index (κ3) is 4.98. The molecule has 1 aliphatic rings. The number of aliphatic hydroxyl groups is 1. The van der Waals surface area contributed by atoms with Crippen LogP contribution in [0.4, 0.5) is 25.3 Å². The number of carbonyl (C=O) groups is 1. The van der Waals surface area contributed by atoms with E-state index in [1.807, 2.05) is 0 Å². The number of cyclic esters (lactones) is 1. The minimum atomic E-state index is -2.95. The monoisotopic (exact) mass is 462 g/mol. The summed E-state index contributed by atoms with van der Waals surface area (Å²) >= 11 is 0. The average Bonchev–Trinajstić information content (AvgIpc) is 3.41. The van der Waals surface area contributed by atoms with Crippen LogP contribution in [0.25, 0.3) is 11.4 Å². The van der Waals surface area contributed by atoms with Crippen LogP contribution in [-0.2, 0) is 4.74 Å². The van der Waals surface area contributed by atoms with Gasteiger partial charge in [0.25, 0.3) is 0 Å². The second-order valence-electron chi connectivity index (χ2n) is 7.22. The van der Waals surface area contributed by atoms with Crippen LogP contribution in [0.1, 0.15) is 25.8 Å². The molecule has 11 nitrogen and oxygen atoms in total. The summed E-state index contributed by atoms with van der Waals surface area (Å²) in [6.45, 7) is 0.393. The third-order valence-electron chi connectivity index (χ3n) is 4.83. The Morgan fingerprint density at radius 1 is 1.27 bits per heavy atom. The standard InChI is InChI=1S/C20H20F2N6O5/c1-10(17-26-16(27-33-17)12-4-3-5-13(8-12)32-18(21)22)24-19-23-7-6-15(25-19)28-14(11(2)29)9-31-20(28)30/h3-8,10-11,14,18,29H,9H2,1-2H3,(H,23,24,25)/t10?,11-,14-/m1/s1. The lowest BCUT2D eigenvalue weighted by Crippen LogP contribution is -2.41. The number of benzene rings is 1. The normalized spacial score (nSPS) is 17.7. The van der Waals surface area contributed by atoms with Gasteiger partial charge in [-0.25, -0.2) is 9.78 Å². The molecule has 0 saturated carbocycles. The van der Waals surface area contributed by atoms with Crippen LogP contribution in [0.15, 0.2) is 41.1 Å². The van der Waals surface area contributed by atoms with Gasteiger partial charge in [0.05, 0.1) is 6.10 Å². The van der Waals surface area contributed by atoms with E-state index in [-0.39, 0.29) is 35.8 Å². The average molecular weight is 462 g/mol. The second kappa shape index (κ2) is 9.32. The Morgan fingerprint density at radius 2 is 2.09 bits per heavy atom. The fraction of sp³-hybridized carbons (Fsp3) is 0.350. The maximum absolute atomic E-state index is 12.4. The van der Waals surface area contributed by atoms with E-state index >= 15 is 0 Å². The molecule has 2 aromatic heterocycles. The molecule has 0 bridgehead atoms. The first-order valence-electron chi connectivity index (χ1n) is 9.94. The van der Waals surface area contributed by atoms with Crippen LogP contribution in [0.2, 0.25) is 0 Å². The number of nitrogens with zero attached hydrogens (tertiary/aromatic N) is 5. The van der Waals surface area contributed by atoms with Crippen LogP contribution >= 0.6 is 0 Å². The van der Waals surface area contributed by atoms with Crippen molar-refractivity contribution in [3.05, 3.63) is 42.4 Å². The van der Waals surface area contributed by atoms with Gasteiger partial charge in [0.2, 0.25) is 17.7 Å². The van der Waals surface area contributed by atoms with Crippen LogP contribution in [0.5, 0.6) is 5.75 Å². The number of ether oxygens (including phenoxy) is 2. The van der Waals surface area contributed by atoms with Crippen molar-refractivity contribution in [2.75, 3.05) is 16.8 Å². The Morgan fingerprint density at radius 3 is 2.85 bits per heavy atom. The van der Waals surface area contributed by atoms with Gasteiger partial charge in [0, 0.05) is 11.8 Å². The Hall–Kier alpha value is -3.87. The van der Waals surface area contributed by atoms with Crippen LogP contribution in [0, 0.1) is 0 Å². The number of carbonyl (C=O) groups excluding carboxylic acids is 1. The van der Waals surface area contributed by atoms with Gasteiger partial charge in [-0.05, 0) is 32.0 Å². The summed E-state index contributed by atoms with van der Waals surface area (Å²) in [5, 5.41) is 16.8. The van der Waals surface area contributed by atoms with Gasteiger partial charge in [0.15, 0.2) is 0 Å². The van der Waals surface area contributed by atoms with E-state index in [0.717, 1.165) is 0 Å². The fourth-order valence-corrected chi connectivity index (χ4v) is 3.20. The van der Waals surface area contributed by atoms with Crippen molar-refractivity contribution < 1.29 is 32.7 Å². The minimum absolute atomic E-state index is 0.0267. The number of hydrogen-bond acceptors (Lipinski definition) is 10. The largest absolute Gasteiger partial charge is 0.447 e. The molecule has 3 aromatic rings. The topological polar surface area (TPSA) is 136 Å². The Kier molecular flexibility index (Phi) is 6.31. The van der Waals surface area contributed by atoms with Crippen molar-refractivity contribution in [1.82, 2.24) is 20.1 Å². The van der Waals surface area contributed by atoms with Crippen molar-refractivity contribution in [3.63, 3.8) is 0 Å². The molecule has 1 aromatic carbocycles. The lowest BCUT2D eigenvalue weighted by atomic mass is 10.2. The molecule has 4 rings (SSSR count). The van der Waals surface area contributed by atoms with Crippen LogP contribution in [0.3, 0.4) is 0 Å². The van der Waals surface area contributed by atoms with E-state index in [1.165, 1.54) is 35.4 Å². The molecule has 174 valence electrons. The first-order valence-corrected chi connectivity index (χ1v) is 9.94. The van der Waals surface area contributed by atoms with Gasteiger partial charge in [-0.1, -0.05) is 17.3 Å². The van der Waals surface area contributed by atoms with Crippen molar-refractivity contribution in [3.8, 4) is 17.1 Å².